The van der Waals surface area contributed by atoms with Gasteiger partial charge in [0, 0.05) is 18.5 Å². The van der Waals surface area contributed by atoms with Crippen molar-refractivity contribution in [1.82, 2.24) is 0 Å². The number of nitrogens with one attached hydrogen (secondary N) is 1. The molecule has 0 fully saturated rings. The minimum atomic E-state index is -0.361. The third kappa shape index (κ3) is 2.81. The summed E-state index contributed by atoms with van der Waals surface area (Å²) < 4.78 is 5.63. The van der Waals surface area contributed by atoms with Gasteiger partial charge in [0.05, 0.1) is 11.5 Å². The molecule has 0 aromatic heterocycles. The molecule has 2 aromatic rings. The van der Waals surface area contributed by atoms with Crippen LogP contribution in [0.15, 0.2) is 48.5 Å². The maximum Gasteiger partial charge on any atom is 0.292 e. The van der Waals surface area contributed by atoms with E-state index in [1.165, 1.54) is 6.07 Å². The fraction of sp³-hybridized carbons (Fsp3) is 0.250. The summed E-state index contributed by atoms with van der Waals surface area (Å²) in [7, 11) is 0. The Labute approximate surface area is 122 Å². The van der Waals surface area contributed by atoms with E-state index in [1.807, 2.05) is 18.2 Å². The standard InChI is InChI=1S/C16H16N2O3/c19-18(20)15-7-3-2-6-14(15)17-11-12-9-10-21-16-8-4-1-5-13(12)16/h1-8,12,17H,9-11H2. The fourth-order valence-corrected chi connectivity index (χ4v) is 2.64. The summed E-state index contributed by atoms with van der Waals surface area (Å²) >= 11 is 0. The topological polar surface area (TPSA) is 64.4 Å². The summed E-state index contributed by atoms with van der Waals surface area (Å²) in [4.78, 5) is 10.7. The smallest absolute Gasteiger partial charge is 0.292 e. The lowest BCUT2D eigenvalue weighted by atomic mass is 9.93. The van der Waals surface area contributed by atoms with E-state index in [1.54, 1.807) is 18.2 Å². The molecule has 1 atom stereocenters. The molecule has 0 spiro atoms. The Hall–Kier alpha value is -2.56. The lowest BCUT2D eigenvalue weighted by molar-refractivity contribution is -0.384. The van der Waals surface area contributed by atoms with Gasteiger partial charge in [-0.05, 0) is 24.1 Å². The van der Waals surface area contributed by atoms with Crippen molar-refractivity contribution in [3.63, 3.8) is 0 Å². The average Bonchev–Trinajstić information content (AvgIpc) is 2.53. The van der Waals surface area contributed by atoms with Crippen LogP contribution in [0.2, 0.25) is 0 Å². The van der Waals surface area contributed by atoms with E-state index >= 15 is 0 Å². The number of fused-ring (bicyclic) bond motifs is 1. The Bertz CT molecular complexity index is 657. The first kappa shape index (κ1) is 13.4. The van der Waals surface area contributed by atoms with Gasteiger partial charge in [-0.3, -0.25) is 10.1 Å². The summed E-state index contributed by atoms with van der Waals surface area (Å²) in [5.41, 5.74) is 1.83. The number of nitrogens with zero attached hydrogens (tertiary/aromatic N) is 1. The lowest BCUT2D eigenvalue weighted by Gasteiger charge is -2.26. The normalized spacial score (nSPS) is 16.7. The van der Waals surface area contributed by atoms with Crippen molar-refractivity contribution in [3.05, 3.63) is 64.2 Å². The first-order chi connectivity index (χ1) is 10.3. The van der Waals surface area contributed by atoms with Crippen molar-refractivity contribution in [3.8, 4) is 5.75 Å². The highest BCUT2D eigenvalue weighted by atomic mass is 16.6. The molecule has 0 aliphatic carbocycles. The number of hydrogen-bond donors (Lipinski definition) is 1. The molecule has 1 aliphatic heterocycles. The second-order valence-corrected chi connectivity index (χ2v) is 5.03. The van der Waals surface area contributed by atoms with E-state index < -0.39 is 0 Å². The average molecular weight is 284 g/mol. The van der Waals surface area contributed by atoms with Crippen LogP contribution in [-0.4, -0.2) is 18.1 Å². The van der Waals surface area contributed by atoms with Gasteiger partial charge < -0.3 is 10.1 Å². The van der Waals surface area contributed by atoms with Crippen molar-refractivity contribution in [2.24, 2.45) is 0 Å². The van der Waals surface area contributed by atoms with Crippen LogP contribution in [0.25, 0.3) is 0 Å². The minimum absolute atomic E-state index is 0.109. The molecule has 5 nitrogen and oxygen atoms in total. The molecule has 1 aliphatic rings. The van der Waals surface area contributed by atoms with Crippen molar-refractivity contribution in [1.29, 1.82) is 0 Å². The molecule has 1 heterocycles. The molecule has 1 N–H and O–H groups in total. The van der Waals surface area contributed by atoms with Crippen molar-refractivity contribution in [2.75, 3.05) is 18.5 Å². The van der Waals surface area contributed by atoms with Gasteiger partial charge in [-0.1, -0.05) is 30.3 Å². The largest absolute Gasteiger partial charge is 0.493 e. The molecular weight excluding hydrogens is 268 g/mol. The van der Waals surface area contributed by atoms with Crippen molar-refractivity contribution in [2.45, 2.75) is 12.3 Å². The molecule has 2 aromatic carbocycles. The van der Waals surface area contributed by atoms with E-state index in [9.17, 15) is 10.1 Å². The maximum atomic E-state index is 11.0. The van der Waals surface area contributed by atoms with Crippen LogP contribution >= 0.6 is 0 Å². The molecule has 0 saturated carbocycles. The highest BCUT2D eigenvalue weighted by Crippen LogP contribution is 2.34. The van der Waals surface area contributed by atoms with E-state index in [4.69, 9.17) is 4.74 Å². The van der Waals surface area contributed by atoms with Gasteiger partial charge in [0.15, 0.2) is 0 Å². The highest BCUT2D eigenvalue weighted by molar-refractivity contribution is 5.61. The monoisotopic (exact) mass is 284 g/mol. The molecular formula is C16H16N2O3. The maximum absolute atomic E-state index is 11.0. The predicted octanol–water partition coefficient (Wildman–Crippen LogP) is 3.57. The van der Waals surface area contributed by atoms with Gasteiger partial charge in [-0.2, -0.15) is 0 Å². The third-order valence-electron chi connectivity index (χ3n) is 3.72. The zero-order chi connectivity index (χ0) is 14.7. The molecule has 3 rings (SSSR count). The van der Waals surface area contributed by atoms with Crippen LogP contribution < -0.4 is 10.1 Å². The van der Waals surface area contributed by atoms with Gasteiger partial charge in [0.25, 0.3) is 5.69 Å². The fourth-order valence-electron chi connectivity index (χ4n) is 2.64. The molecule has 0 bridgehead atoms. The number of anilines is 1. The van der Waals surface area contributed by atoms with Crippen molar-refractivity contribution >= 4 is 11.4 Å². The molecule has 21 heavy (non-hydrogen) atoms. The molecule has 0 saturated heterocycles. The molecule has 0 radical (unpaired) electrons. The van der Waals surface area contributed by atoms with Crippen LogP contribution in [0.1, 0.15) is 17.9 Å². The van der Waals surface area contributed by atoms with Gasteiger partial charge in [-0.25, -0.2) is 0 Å². The summed E-state index contributed by atoms with van der Waals surface area (Å²) in [6, 6.07) is 14.7. The Kier molecular flexibility index (Phi) is 3.73. The highest BCUT2D eigenvalue weighted by Gasteiger charge is 2.21. The third-order valence-corrected chi connectivity index (χ3v) is 3.72. The number of ether oxygens (including phenoxy) is 1. The Morgan fingerprint density at radius 2 is 1.95 bits per heavy atom. The summed E-state index contributed by atoms with van der Waals surface area (Å²) in [5.74, 6) is 1.22. The number of nitro benzene ring substituents is 1. The van der Waals surface area contributed by atoms with E-state index in [0.29, 0.717) is 24.8 Å². The van der Waals surface area contributed by atoms with Crippen molar-refractivity contribution < 1.29 is 9.66 Å². The van der Waals surface area contributed by atoms with E-state index in [-0.39, 0.29) is 10.6 Å². The summed E-state index contributed by atoms with van der Waals surface area (Å²) in [5, 5.41) is 14.2. The number of para-hydroxylation sites is 3. The van der Waals surface area contributed by atoms with Crippen LogP contribution in [0, 0.1) is 10.1 Å². The zero-order valence-corrected chi connectivity index (χ0v) is 11.5. The van der Waals surface area contributed by atoms with E-state index in [2.05, 4.69) is 11.4 Å². The second kappa shape index (κ2) is 5.83. The van der Waals surface area contributed by atoms with Gasteiger partial charge >= 0.3 is 0 Å². The van der Waals surface area contributed by atoms with Gasteiger partial charge in [-0.15, -0.1) is 0 Å². The van der Waals surface area contributed by atoms with Gasteiger partial charge in [0.1, 0.15) is 11.4 Å². The first-order valence-electron chi connectivity index (χ1n) is 6.94. The van der Waals surface area contributed by atoms with E-state index in [0.717, 1.165) is 17.7 Å². The number of nitro groups is 1. The second-order valence-electron chi connectivity index (χ2n) is 5.03. The number of benzene rings is 2. The lowest BCUT2D eigenvalue weighted by Crippen LogP contribution is -2.21. The molecule has 1 unspecified atom stereocenters. The number of hydrogen-bond acceptors (Lipinski definition) is 4. The SMILES string of the molecule is O=[N+]([O-])c1ccccc1NCC1CCOc2ccccc21. The first-order valence-corrected chi connectivity index (χ1v) is 6.94. The van der Waals surface area contributed by atoms with Crippen LogP contribution in [0.5, 0.6) is 5.75 Å². The van der Waals surface area contributed by atoms with Crippen LogP contribution in [0.4, 0.5) is 11.4 Å². The Morgan fingerprint density at radius 1 is 1.19 bits per heavy atom. The molecule has 108 valence electrons. The quantitative estimate of drug-likeness (QED) is 0.688. The molecule has 5 heteroatoms. The van der Waals surface area contributed by atoms with Gasteiger partial charge in [0.2, 0.25) is 0 Å². The number of rotatable bonds is 4. The summed E-state index contributed by atoms with van der Waals surface area (Å²) in [6.45, 7) is 1.34. The Morgan fingerprint density at radius 3 is 2.81 bits per heavy atom. The molecule has 0 amide bonds. The Balaban J connectivity index is 1.76. The summed E-state index contributed by atoms with van der Waals surface area (Å²) in [6.07, 6.45) is 0.907. The zero-order valence-electron chi connectivity index (χ0n) is 11.5. The van der Waals surface area contributed by atoms with Crippen LogP contribution in [0.3, 0.4) is 0 Å². The minimum Gasteiger partial charge on any atom is -0.493 e. The van der Waals surface area contributed by atoms with Crippen LogP contribution in [-0.2, 0) is 0 Å². The predicted molar refractivity (Wildman–Crippen MR) is 80.9 cm³/mol.